The van der Waals surface area contributed by atoms with Crippen molar-refractivity contribution in [3.05, 3.63) is 60.2 Å². The van der Waals surface area contributed by atoms with Gasteiger partial charge in [0.25, 0.3) is 5.91 Å². The number of carbonyl (C=O) groups excluding carboxylic acids is 1. The number of hydrogen-bond acceptors (Lipinski definition) is 3. The molecule has 2 aromatic carbocycles. The summed E-state index contributed by atoms with van der Waals surface area (Å²) in [5.74, 6) is -3.31. The van der Waals surface area contributed by atoms with Gasteiger partial charge in [-0.2, -0.15) is 0 Å². The second-order valence-corrected chi connectivity index (χ2v) is 4.91. The Morgan fingerprint density at radius 1 is 0.870 bits per heavy atom. The van der Waals surface area contributed by atoms with Gasteiger partial charge in [0.15, 0.2) is 0 Å². The zero-order valence-electron chi connectivity index (χ0n) is 12.1. The highest BCUT2D eigenvalue weighted by Gasteiger charge is 2.23. The van der Waals surface area contributed by atoms with Crippen LogP contribution >= 0.6 is 0 Å². The van der Waals surface area contributed by atoms with Crippen molar-refractivity contribution in [2.24, 2.45) is 0 Å². The summed E-state index contributed by atoms with van der Waals surface area (Å²) in [4.78, 5) is 33.6. The van der Waals surface area contributed by atoms with E-state index in [1.54, 1.807) is 24.3 Å². The first-order valence-corrected chi connectivity index (χ1v) is 6.88. The number of carboxylic acid groups (broad SMARTS) is 2. The molecule has 1 amide bonds. The van der Waals surface area contributed by atoms with E-state index in [1.165, 1.54) is 0 Å². The molecule has 0 aliphatic carbocycles. The van der Waals surface area contributed by atoms with Crippen LogP contribution < -0.4 is 5.32 Å². The number of aliphatic carboxylic acids is 2. The van der Waals surface area contributed by atoms with Crippen molar-refractivity contribution < 1.29 is 24.6 Å². The topological polar surface area (TPSA) is 104 Å². The number of nitrogens with one attached hydrogen (secondary N) is 1. The quantitative estimate of drug-likeness (QED) is 0.757. The predicted octanol–water partition coefficient (Wildman–Crippen LogP) is 2.01. The molecule has 2 aromatic rings. The van der Waals surface area contributed by atoms with Crippen molar-refractivity contribution in [3.8, 4) is 11.1 Å². The molecule has 0 aliphatic rings. The zero-order chi connectivity index (χ0) is 16.8. The first kappa shape index (κ1) is 16.2. The van der Waals surface area contributed by atoms with E-state index >= 15 is 0 Å². The Morgan fingerprint density at radius 2 is 1.43 bits per heavy atom. The van der Waals surface area contributed by atoms with E-state index in [9.17, 15) is 14.4 Å². The molecule has 0 unspecified atom stereocenters. The molecule has 0 heterocycles. The summed E-state index contributed by atoms with van der Waals surface area (Å²) in [5, 5.41) is 19.8. The first-order chi connectivity index (χ1) is 11.0. The van der Waals surface area contributed by atoms with Gasteiger partial charge in [0, 0.05) is 5.56 Å². The Balaban J connectivity index is 2.11. The largest absolute Gasteiger partial charge is 0.481 e. The predicted molar refractivity (Wildman–Crippen MR) is 83.0 cm³/mol. The van der Waals surface area contributed by atoms with Crippen molar-refractivity contribution >= 4 is 17.8 Å². The molecule has 0 fully saturated rings. The van der Waals surface area contributed by atoms with Gasteiger partial charge in [-0.05, 0) is 23.3 Å². The van der Waals surface area contributed by atoms with Gasteiger partial charge >= 0.3 is 11.9 Å². The molecule has 6 nitrogen and oxygen atoms in total. The third-order valence-corrected chi connectivity index (χ3v) is 3.24. The Kier molecular flexibility index (Phi) is 5.09. The second-order valence-electron chi connectivity index (χ2n) is 4.91. The maximum Gasteiger partial charge on any atom is 0.326 e. The Morgan fingerprint density at radius 3 is 1.96 bits per heavy atom. The third-order valence-electron chi connectivity index (χ3n) is 3.24. The molecule has 0 spiro atoms. The fourth-order valence-electron chi connectivity index (χ4n) is 2.06. The normalized spacial score (nSPS) is 11.5. The Hall–Kier alpha value is -3.15. The number of hydrogen-bond donors (Lipinski definition) is 3. The van der Waals surface area contributed by atoms with E-state index < -0.39 is 30.3 Å². The molecule has 0 radical (unpaired) electrons. The molecule has 0 saturated heterocycles. The van der Waals surface area contributed by atoms with Crippen molar-refractivity contribution in [2.75, 3.05) is 0 Å². The lowest BCUT2D eigenvalue weighted by Gasteiger charge is -2.12. The maximum absolute atomic E-state index is 12.0. The second kappa shape index (κ2) is 7.22. The van der Waals surface area contributed by atoms with Crippen LogP contribution in [0.4, 0.5) is 0 Å². The molecular formula is C17H15NO5. The zero-order valence-corrected chi connectivity index (χ0v) is 12.1. The molecule has 0 saturated carbocycles. The smallest absolute Gasteiger partial charge is 0.326 e. The third kappa shape index (κ3) is 4.41. The van der Waals surface area contributed by atoms with Gasteiger partial charge < -0.3 is 15.5 Å². The minimum atomic E-state index is -1.46. The van der Waals surface area contributed by atoms with E-state index in [-0.39, 0.29) is 5.56 Å². The van der Waals surface area contributed by atoms with Crippen LogP contribution in [-0.2, 0) is 9.59 Å². The number of rotatable bonds is 6. The molecule has 0 bridgehead atoms. The fraction of sp³-hybridized carbons (Fsp3) is 0.118. The number of amides is 1. The van der Waals surface area contributed by atoms with Crippen LogP contribution in [0.2, 0.25) is 0 Å². The van der Waals surface area contributed by atoms with Crippen LogP contribution in [0.5, 0.6) is 0 Å². The summed E-state index contributed by atoms with van der Waals surface area (Å²) in [6.07, 6.45) is -0.677. The minimum Gasteiger partial charge on any atom is -0.481 e. The van der Waals surface area contributed by atoms with Crippen LogP contribution in [0.25, 0.3) is 11.1 Å². The van der Waals surface area contributed by atoms with Crippen molar-refractivity contribution in [1.82, 2.24) is 5.32 Å². The first-order valence-electron chi connectivity index (χ1n) is 6.88. The highest BCUT2D eigenvalue weighted by Crippen LogP contribution is 2.19. The average molecular weight is 313 g/mol. The SMILES string of the molecule is O=C(O)C[C@@H](NC(=O)c1ccc(-c2ccccc2)cc1)C(=O)O. The molecular weight excluding hydrogens is 298 g/mol. The van der Waals surface area contributed by atoms with Gasteiger partial charge in [0.2, 0.25) is 0 Å². The lowest BCUT2D eigenvalue weighted by atomic mass is 10.0. The monoisotopic (exact) mass is 313 g/mol. The summed E-state index contributed by atoms with van der Waals surface area (Å²) in [5.41, 5.74) is 2.18. The molecule has 118 valence electrons. The van der Waals surface area contributed by atoms with E-state index in [2.05, 4.69) is 5.32 Å². The Labute approximate surface area is 132 Å². The number of carboxylic acids is 2. The Bertz CT molecular complexity index is 710. The summed E-state index contributed by atoms with van der Waals surface area (Å²) in [6.45, 7) is 0. The lowest BCUT2D eigenvalue weighted by Crippen LogP contribution is -2.42. The van der Waals surface area contributed by atoms with Gasteiger partial charge in [-0.3, -0.25) is 9.59 Å². The molecule has 2 rings (SSSR count). The lowest BCUT2D eigenvalue weighted by molar-refractivity contribution is -0.145. The molecule has 3 N–H and O–H groups in total. The van der Waals surface area contributed by atoms with Crippen molar-refractivity contribution in [1.29, 1.82) is 0 Å². The van der Waals surface area contributed by atoms with Gasteiger partial charge in [0.05, 0.1) is 6.42 Å². The van der Waals surface area contributed by atoms with Gasteiger partial charge in [-0.25, -0.2) is 4.79 Å². The summed E-state index contributed by atoms with van der Waals surface area (Å²) in [7, 11) is 0. The summed E-state index contributed by atoms with van der Waals surface area (Å²) >= 11 is 0. The number of benzene rings is 2. The number of carbonyl (C=O) groups is 3. The minimum absolute atomic E-state index is 0.265. The average Bonchev–Trinajstić information content (AvgIpc) is 2.54. The molecule has 0 aliphatic heterocycles. The van der Waals surface area contributed by atoms with Crippen molar-refractivity contribution in [2.45, 2.75) is 12.5 Å². The van der Waals surface area contributed by atoms with E-state index in [1.807, 2.05) is 30.3 Å². The summed E-state index contributed by atoms with van der Waals surface area (Å²) < 4.78 is 0. The molecule has 23 heavy (non-hydrogen) atoms. The van der Waals surface area contributed by atoms with Gasteiger partial charge in [-0.1, -0.05) is 42.5 Å². The standard InChI is InChI=1S/C17H15NO5/c19-15(20)10-14(17(22)23)18-16(21)13-8-6-12(7-9-13)11-4-2-1-3-5-11/h1-9,14H,10H2,(H,18,21)(H,19,20)(H,22,23)/t14-/m1/s1. The van der Waals surface area contributed by atoms with Gasteiger partial charge in [-0.15, -0.1) is 0 Å². The van der Waals surface area contributed by atoms with Gasteiger partial charge in [0.1, 0.15) is 6.04 Å². The molecule has 6 heteroatoms. The van der Waals surface area contributed by atoms with E-state index in [0.29, 0.717) is 0 Å². The van der Waals surface area contributed by atoms with Crippen LogP contribution in [0.1, 0.15) is 16.8 Å². The highest BCUT2D eigenvalue weighted by atomic mass is 16.4. The van der Waals surface area contributed by atoms with E-state index in [4.69, 9.17) is 10.2 Å². The highest BCUT2D eigenvalue weighted by molar-refractivity contribution is 5.97. The van der Waals surface area contributed by atoms with Crippen molar-refractivity contribution in [3.63, 3.8) is 0 Å². The van der Waals surface area contributed by atoms with Crippen LogP contribution in [0.15, 0.2) is 54.6 Å². The molecule has 1 atom stereocenters. The fourth-order valence-corrected chi connectivity index (χ4v) is 2.06. The maximum atomic E-state index is 12.0. The van der Waals surface area contributed by atoms with Crippen LogP contribution in [0, 0.1) is 0 Å². The molecule has 0 aromatic heterocycles. The van der Waals surface area contributed by atoms with Crippen LogP contribution in [0.3, 0.4) is 0 Å². The van der Waals surface area contributed by atoms with Crippen LogP contribution in [-0.4, -0.2) is 34.1 Å². The summed E-state index contributed by atoms with van der Waals surface area (Å²) in [6, 6.07) is 14.7. The van der Waals surface area contributed by atoms with E-state index in [0.717, 1.165) is 11.1 Å².